The van der Waals surface area contributed by atoms with E-state index in [0.717, 1.165) is 17.9 Å². The van der Waals surface area contributed by atoms with E-state index in [0.29, 0.717) is 5.92 Å². The van der Waals surface area contributed by atoms with Gasteiger partial charge in [0.1, 0.15) is 0 Å². The molecule has 3 nitrogen and oxygen atoms in total. The molecule has 0 spiro atoms. The van der Waals surface area contributed by atoms with Crippen LogP contribution in [0.5, 0.6) is 0 Å². The summed E-state index contributed by atoms with van der Waals surface area (Å²) in [5, 5.41) is 3.51. The van der Waals surface area contributed by atoms with Crippen molar-refractivity contribution in [3.05, 3.63) is 78.9 Å². The van der Waals surface area contributed by atoms with E-state index in [1.807, 2.05) is 17.1 Å². The van der Waals surface area contributed by atoms with E-state index in [4.69, 9.17) is 0 Å². The van der Waals surface area contributed by atoms with Gasteiger partial charge in [0.15, 0.2) is 0 Å². The molecule has 106 valence electrons. The van der Waals surface area contributed by atoms with Crippen molar-refractivity contribution >= 4 is 5.69 Å². The third-order valence-electron chi connectivity index (χ3n) is 3.63. The summed E-state index contributed by atoms with van der Waals surface area (Å²) in [6.07, 6.45) is 5.55. The molecule has 2 aromatic carbocycles. The predicted molar refractivity (Wildman–Crippen MR) is 86.9 cm³/mol. The lowest BCUT2D eigenvalue weighted by atomic mass is 10.0. The average molecular weight is 277 g/mol. The summed E-state index contributed by atoms with van der Waals surface area (Å²) in [6.45, 7) is 3.15. The summed E-state index contributed by atoms with van der Waals surface area (Å²) in [5.74, 6) is 0.475. The van der Waals surface area contributed by atoms with Gasteiger partial charge in [-0.2, -0.15) is 0 Å². The number of nitrogens with zero attached hydrogens (tertiary/aromatic N) is 2. The Morgan fingerprint density at radius 2 is 1.95 bits per heavy atom. The van der Waals surface area contributed by atoms with Gasteiger partial charge in [-0.25, -0.2) is 4.98 Å². The Labute approximate surface area is 125 Å². The van der Waals surface area contributed by atoms with Crippen LogP contribution in [0.1, 0.15) is 18.4 Å². The topological polar surface area (TPSA) is 29.9 Å². The van der Waals surface area contributed by atoms with Crippen molar-refractivity contribution in [3.8, 4) is 5.69 Å². The fraction of sp³-hybridized carbons (Fsp3) is 0.167. The monoisotopic (exact) mass is 277 g/mol. The van der Waals surface area contributed by atoms with Crippen LogP contribution in [0.15, 0.2) is 73.3 Å². The molecule has 1 unspecified atom stereocenters. The second-order valence-electron chi connectivity index (χ2n) is 5.21. The highest BCUT2D eigenvalue weighted by Gasteiger charge is 2.05. The van der Waals surface area contributed by atoms with E-state index in [1.165, 1.54) is 5.56 Å². The van der Waals surface area contributed by atoms with Gasteiger partial charge in [-0.15, -0.1) is 0 Å². The molecule has 0 radical (unpaired) electrons. The van der Waals surface area contributed by atoms with Crippen LogP contribution < -0.4 is 5.32 Å². The van der Waals surface area contributed by atoms with E-state index < -0.39 is 0 Å². The molecule has 0 amide bonds. The smallest absolute Gasteiger partial charge is 0.0991 e. The van der Waals surface area contributed by atoms with Crippen LogP contribution in [-0.2, 0) is 0 Å². The Morgan fingerprint density at radius 1 is 1.10 bits per heavy atom. The van der Waals surface area contributed by atoms with Crippen LogP contribution >= 0.6 is 0 Å². The van der Waals surface area contributed by atoms with Crippen LogP contribution in [0.3, 0.4) is 0 Å². The van der Waals surface area contributed by atoms with E-state index in [-0.39, 0.29) is 0 Å². The Kier molecular flexibility index (Phi) is 4.01. The van der Waals surface area contributed by atoms with Crippen LogP contribution in [-0.4, -0.2) is 16.1 Å². The first-order valence-corrected chi connectivity index (χ1v) is 7.20. The standard InChI is InChI=1S/C18H19N3/c1-15(16-6-3-2-4-7-16)13-20-17-8-5-9-18(12-17)21-11-10-19-14-21/h2-12,14-15,20H,13H2,1H3. The van der Waals surface area contributed by atoms with Gasteiger partial charge in [-0.05, 0) is 29.7 Å². The Hall–Kier alpha value is -2.55. The van der Waals surface area contributed by atoms with Crippen molar-refractivity contribution in [2.24, 2.45) is 0 Å². The van der Waals surface area contributed by atoms with Gasteiger partial charge in [0, 0.05) is 30.3 Å². The first-order chi connectivity index (χ1) is 10.3. The highest BCUT2D eigenvalue weighted by Crippen LogP contribution is 2.18. The fourth-order valence-electron chi connectivity index (χ4n) is 2.36. The van der Waals surface area contributed by atoms with Crippen molar-refractivity contribution in [1.82, 2.24) is 9.55 Å². The highest BCUT2D eigenvalue weighted by atomic mass is 15.0. The number of nitrogens with one attached hydrogen (secondary N) is 1. The Bertz CT molecular complexity index is 675. The number of hydrogen-bond acceptors (Lipinski definition) is 2. The maximum Gasteiger partial charge on any atom is 0.0991 e. The molecule has 3 rings (SSSR count). The van der Waals surface area contributed by atoms with Crippen LogP contribution in [0, 0.1) is 0 Å². The second-order valence-corrected chi connectivity index (χ2v) is 5.21. The molecule has 21 heavy (non-hydrogen) atoms. The molecule has 3 aromatic rings. The van der Waals surface area contributed by atoms with Crippen molar-refractivity contribution < 1.29 is 0 Å². The summed E-state index contributed by atoms with van der Waals surface area (Å²) >= 11 is 0. The number of benzene rings is 2. The summed E-state index contributed by atoms with van der Waals surface area (Å²) in [6, 6.07) is 19.0. The predicted octanol–water partition coefficient (Wildman–Crippen LogP) is 4.09. The summed E-state index contributed by atoms with van der Waals surface area (Å²) < 4.78 is 2.01. The van der Waals surface area contributed by atoms with Gasteiger partial charge in [-0.1, -0.05) is 43.3 Å². The molecule has 3 heteroatoms. The van der Waals surface area contributed by atoms with Gasteiger partial charge >= 0.3 is 0 Å². The highest BCUT2D eigenvalue weighted by molar-refractivity contribution is 5.51. The number of imidazole rings is 1. The van der Waals surface area contributed by atoms with Crippen LogP contribution in [0.4, 0.5) is 5.69 Å². The van der Waals surface area contributed by atoms with E-state index in [9.17, 15) is 0 Å². The average Bonchev–Trinajstić information content (AvgIpc) is 3.08. The third kappa shape index (κ3) is 3.31. The molecule has 1 aromatic heterocycles. The van der Waals surface area contributed by atoms with Crippen molar-refractivity contribution in [2.45, 2.75) is 12.8 Å². The van der Waals surface area contributed by atoms with Gasteiger partial charge in [0.25, 0.3) is 0 Å². The lowest BCUT2D eigenvalue weighted by Gasteiger charge is -2.14. The third-order valence-corrected chi connectivity index (χ3v) is 3.63. The molecule has 0 aliphatic heterocycles. The minimum absolute atomic E-state index is 0.475. The zero-order valence-electron chi connectivity index (χ0n) is 12.1. The number of rotatable bonds is 5. The lowest BCUT2D eigenvalue weighted by molar-refractivity contribution is 0.805. The number of anilines is 1. The largest absolute Gasteiger partial charge is 0.384 e. The summed E-state index contributed by atoms with van der Waals surface area (Å²) in [5.41, 5.74) is 3.60. The number of hydrogen-bond donors (Lipinski definition) is 1. The van der Waals surface area contributed by atoms with Crippen molar-refractivity contribution in [1.29, 1.82) is 0 Å². The number of aromatic nitrogens is 2. The molecule has 0 aliphatic rings. The van der Waals surface area contributed by atoms with Gasteiger partial charge in [-0.3, -0.25) is 0 Å². The zero-order chi connectivity index (χ0) is 14.5. The van der Waals surface area contributed by atoms with Gasteiger partial charge < -0.3 is 9.88 Å². The molecule has 0 saturated heterocycles. The molecule has 1 atom stereocenters. The molecule has 0 aliphatic carbocycles. The quantitative estimate of drug-likeness (QED) is 0.761. The second kappa shape index (κ2) is 6.27. The van der Waals surface area contributed by atoms with E-state index in [1.54, 1.807) is 6.20 Å². The van der Waals surface area contributed by atoms with Crippen molar-refractivity contribution in [3.63, 3.8) is 0 Å². The van der Waals surface area contributed by atoms with Crippen molar-refractivity contribution in [2.75, 3.05) is 11.9 Å². The van der Waals surface area contributed by atoms with E-state index in [2.05, 4.69) is 71.8 Å². The molecule has 1 heterocycles. The first kappa shape index (κ1) is 13.4. The summed E-state index contributed by atoms with van der Waals surface area (Å²) in [4.78, 5) is 4.08. The maximum absolute atomic E-state index is 4.08. The normalized spacial score (nSPS) is 12.0. The summed E-state index contributed by atoms with van der Waals surface area (Å²) in [7, 11) is 0. The lowest BCUT2D eigenvalue weighted by Crippen LogP contribution is -2.09. The Balaban J connectivity index is 1.67. The fourth-order valence-corrected chi connectivity index (χ4v) is 2.36. The molecular formula is C18H19N3. The SMILES string of the molecule is CC(CNc1cccc(-n2ccnc2)c1)c1ccccc1. The Morgan fingerprint density at radius 3 is 2.71 bits per heavy atom. The molecule has 1 N–H and O–H groups in total. The van der Waals surface area contributed by atoms with Gasteiger partial charge in [0.05, 0.1) is 6.33 Å². The van der Waals surface area contributed by atoms with Crippen LogP contribution in [0.2, 0.25) is 0 Å². The molecule has 0 fully saturated rings. The van der Waals surface area contributed by atoms with Crippen LogP contribution in [0.25, 0.3) is 5.69 Å². The first-order valence-electron chi connectivity index (χ1n) is 7.20. The van der Waals surface area contributed by atoms with Gasteiger partial charge in [0.2, 0.25) is 0 Å². The minimum atomic E-state index is 0.475. The maximum atomic E-state index is 4.08. The molecule has 0 saturated carbocycles. The minimum Gasteiger partial charge on any atom is -0.384 e. The molecule has 0 bridgehead atoms. The zero-order valence-corrected chi connectivity index (χ0v) is 12.1. The molecular weight excluding hydrogens is 258 g/mol. The van der Waals surface area contributed by atoms with E-state index >= 15 is 0 Å².